The Balaban J connectivity index is 2.33. The third kappa shape index (κ3) is 1.63. The molecule has 3 heteroatoms. The lowest BCUT2D eigenvalue weighted by Crippen LogP contribution is -2.27. The summed E-state index contributed by atoms with van der Waals surface area (Å²) in [5, 5.41) is 11.2. The lowest BCUT2D eigenvalue weighted by molar-refractivity contribution is 0.0494. The highest BCUT2D eigenvalue weighted by Crippen LogP contribution is 2.17. The molecule has 0 radical (unpaired) electrons. The smallest absolute Gasteiger partial charge is 0.126 e. The van der Waals surface area contributed by atoms with Crippen LogP contribution in [0.15, 0.2) is 11.6 Å². The van der Waals surface area contributed by atoms with E-state index in [1.807, 2.05) is 23.4 Å². The van der Waals surface area contributed by atoms with Crippen molar-refractivity contribution in [3.8, 4) is 0 Å². The van der Waals surface area contributed by atoms with Crippen molar-refractivity contribution in [2.45, 2.75) is 19.6 Å². The summed E-state index contributed by atoms with van der Waals surface area (Å²) in [5.41, 5.74) is 0. The van der Waals surface area contributed by atoms with Crippen LogP contribution in [0.2, 0.25) is 0 Å². The van der Waals surface area contributed by atoms with E-state index in [0.29, 0.717) is 0 Å². The maximum atomic E-state index is 9.22. The first-order valence-electron chi connectivity index (χ1n) is 3.06. The van der Waals surface area contributed by atoms with Crippen LogP contribution in [0, 0.1) is 0 Å². The summed E-state index contributed by atoms with van der Waals surface area (Å²) >= 11 is 1.71. The van der Waals surface area contributed by atoms with Crippen LogP contribution < -0.4 is 0 Å². The summed E-state index contributed by atoms with van der Waals surface area (Å²) in [4.78, 5) is 1.92. The highest BCUT2D eigenvalue weighted by Gasteiger charge is 2.11. The average molecular weight is 145 g/mol. The van der Waals surface area contributed by atoms with Gasteiger partial charge in [0.25, 0.3) is 0 Å². The number of hydrogen-bond donors (Lipinski definition) is 1. The highest BCUT2D eigenvalue weighted by atomic mass is 32.2. The van der Waals surface area contributed by atoms with Crippen LogP contribution >= 0.6 is 11.8 Å². The standard InChI is InChI=1S/C6H11NOS/c1-2-6(8)7-3-4-9-5-7/h3-4,6,8H,2,5H2,1H3. The van der Waals surface area contributed by atoms with Crippen molar-refractivity contribution in [3.05, 3.63) is 11.6 Å². The molecule has 0 fully saturated rings. The molecule has 2 nitrogen and oxygen atoms in total. The van der Waals surface area contributed by atoms with Gasteiger partial charge >= 0.3 is 0 Å². The van der Waals surface area contributed by atoms with Crippen LogP contribution in [0.25, 0.3) is 0 Å². The SMILES string of the molecule is CCC(O)N1C=CSC1. The Bertz CT molecular complexity index is 116. The Morgan fingerprint density at radius 1 is 1.89 bits per heavy atom. The molecule has 1 aliphatic rings. The van der Waals surface area contributed by atoms with Gasteiger partial charge < -0.3 is 10.0 Å². The van der Waals surface area contributed by atoms with Gasteiger partial charge in [-0.15, -0.1) is 11.8 Å². The van der Waals surface area contributed by atoms with Crippen LogP contribution in [0.3, 0.4) is 0 Å². The van der Waals surface area contributed by atoms with Gasteiger partial charge in [0, 0.05) is 6.20 Å². The monoisotopic (exact) mass is 145 g/mol. The van der Waals surface area contributed by atoms with Gasteiger partial charge in [0.1, 0.15) is 6.23 Å². The first-order valence-corrected chi connectivity index (χ1v) is 4.11. The minimum atomic E-state index is -0.281. The zero-order valence-electron chi connectivity index (χ0n) is 5.45. The summed E-state index contributed by atoms with van der Waals surface area (Å²) in [7, 11) is 0. The quantitative estimate of drug-likeness (QED) is 0.631. The molecule has 1 aliphatic heterocycles. The molecular weight excluding hydrogens is 134 g/mol. The molecule has 9 heavy (non-hydrogen) atoms. The minimum Gasteiger partial charge on any atom is -0.374 e. The first kappa shape index (κ1) is 6.96. The van der Waals surface area contributed by atoms with Crippen LogP contribution in [0.4, 0.5) is 0 Å². The van der Waals surface area contributed by atoms with Gasteiger partial charge in [0.15, 0.2) is 0 Å². The molecule has 0 saturated carbocycles. The molecule has 0 bridgehead atoms. The van der Waals surface area contributed by atoms with Crippen LogP contribution in [-0.4, -0.2) is 22.1 Å². The second kappa shape index (κ2) is 3.13. The van der Waals surface area contributed by atoms with E-state index in [4.69, 9.17) is 0 Å². The molecule has 0 aliphatic carbocycles. The lowest BCUT2D eigenvalue weighted by atomic mass is 10.4. The number of rotatable bonds is 2. The number of aliphatic hydroxyl groups is 1. The molecule has 1 unspecified atom stereocenters. The summed E-state index contributed by atoms with van der Waals surface area (Å²) in [6.07, 6.45) is 2.44. The lowest BCUT2D eigenvalue weighted by Gasteiger charge is -2.20. The van der Waals surface area contributed by atoms with Crippen molar-refractivity contribution in [2.24, 2.45) is 0 Å². The van der Waals surface area contributed by atoms with Gasteiger partial charge in [-0.25, -0.2) is 0 Å². The Hall–Kier alpha value is -0.150. The van der Waals surface area contributed by atoms with E-state index in [9.17, 15) is 5.11 Å². The zero-order chi connectivity index (χ0) is 6.69. The second-order valence-electron chi connectivity index (χ2n) is 1.98. The largest absolute Gasteiger partial charge is 0.374 e. The molecule has 0 spiro atoms. The Morgan fingerprint density at radius 2 is 2.67 bits per heavy atom. The molecule has 1 N–H and O–H groups in total. The van der Waals surface area contributed by atoms with Crippen LogP contribution in [0.1, 0.15) is 13.3 Å². The van der Waals surface area contributed by atoms with Crippen LogP contribution in [-0.2, 0) is 0 Å². The van der Waals surface area contributed by atoms with E-state index >= 15 is 0 Å². The molecule has 0 saturated heterocycles. The number of nitrogens with zero attached hydrogens (tertiary/aromatic N) is 1. The zero-order valence-corrected chi connectivity index (χ0v) is 6.27. The molecule has 1 rings (SSSR count). The van der Waals surface area contributed by atoms with Gasteiger partial charge in [-0.05, 0) is 11.8 Å². The van der Waals surface area contributed by atoms with E-state index in [1.165, 1.54) is 0 Å². The predicted octanol–water partition coefficient (Wildman–Crippen LogP) is 1.19. The fourth-order valence-corrected chi connectivity index (χ4v) is 1.47. The van der Waals surface area contributed by atoms with Crippen molar-refractivity contribution < 1.29 is 5.11 Å². The van der Waals surface area contributed by atoms with Gasteiger partial charge in [-0.2, -0.15) is 0 Å². The van der Waals surface area contributed by atoms with E-state index in [2.05, 4.69) is 0 Å². The summed E-state index contributed by atoms with van der Waals surface area (Å²) < 4.78 is 0. The highest BCUT2D eigenvalue weighted by molar-refractivity contribution is 8.02. The molecule has 1 atom stereocenters. The van der Waals surface area contributed by atoms with Gasteiger partial charge in [0.05, 0.1) is 5.88 Å². The molecule has 0 aromatic carbocycles. The van der Waals surface area contributed by atoms with Crippen molar-refractivity contribution in [1.29, 1.82) is 0 Å². The van der Waals surface area contributed by atoms with Crippen LogP contribution in [0.5, 0.6) is 0 Å². The maximum absolute atomic E-state index is 9.22. The van der Waals surface area contributed by atoms with Crippen molar-refractivity contribution in [2.75, 3.05) is 5.88 Å². The average Bonchev–Trinajstić information content (AvgIpc) is 2.37. The summed E-state index contributed by atoms with van der Waals surface area (Å²) in [5.74, 6) is 0.898. The Morgan fingerprint density at radius 3 is 3.11 bits per heavy atom. The number of hydrogen-bond acceptors (Lipinski definition) is 3. The molecule has 0 amide bonds. The van der Waals surface area contributed by atoms with Crippen molar-refractivity contribution in [3.63, 3.8) is 0 Å². The van der Waals surface area contributed by atoms with E-state index < -0.39 is 0 Å². The third-order valence-electron chi connectivity index (χ3n) is 1.32. The maximum Gasteiger partial charge on any atom is 0.126 e. The van der Waals surface area contributed by atoms with E-state index in [1.54, 1.807) is 11.8 Å². The topological polar surface area (TPSA) is 23.5 Å². The molecule has 52 valence electrons. The van der Waals surface area contributed by atoms with E-state index in [0.717, 1.165) is 12.3 Å². The fourth-order valence-electron chi connectivity index (χ4n) is 0.713. The van der Waals surface area contributed by atoms with Gasteiger partial charge in [-0.1, -0.05) is 6.92 Å². The minimum absolute atomic E-state index is 0.281. The van der Waals surface area contributed by atoms with Crippen molar-refractivity contribution in [1.82, 2.24) is 4.90 Å². The van der Waals surface area contributed by atoms with E-state index in [-0.39, 0.29) is 6.23 Å². The molecular formula is C6H11NOS. The first-order chi connectivity index (χ1) is 4.34. The summed E-state index contributed by atoms with van der Waals surface area (Å²) in [6, 6.07) is 0. The molecule has 1 heterocycles. The third-order valence-corrected chi connectivity index (χ3v) is 2.08. The Kier molecular flexibility index (Phi) is 2.42. The Labute approximate surface area is 59.5 Å². The molecule has 0 aromatic heterocycles. The molecule has 0 aromatic rings. The van der Waals surface area contributed by atoms with Gasteiger partial charge in [0.2, 0.25) is 0 Å². The number of thioether (sulfide) groups is 1. The fraction of sp³-hybridized carbons (Fsp3) is 0.667. The predicted molar refractivity (Wildman–Crippen MR) is 39.7 cm³/mol. The number of aliphatic hydroxyl groups excluding tert-OH is 1. The normalized spacial score (nSPS) is 20.9. The van der Waals surface area contributed by atoms with Gasteiger partial charge in [-0.3, -0.25) is 0 Å². The summed E-state index contributed by atoms with van der Waals surface area (Å²) in [6.45, 7) is 1.97. The van der Waals surface area contributed by atoms with Crippen molar-refractivity contribution >= 4 is 11.8 Å². The second-order valence-corrected chi connectivity index (χ2v) is 2.85.